The Labute approximate surface area is 492 Å². The van der Waals surface area contributed by atoms with Gasteiger partial charge >= 0.3 is 39.5 Å². The summed E-state index contributed by atoms with van der Waals surface area (Å²) in [6, 6.07) is 0. The summed E-state index contributed by atoms with van der Waals surface area (Å²) >= 11 is 0. The van der Waals surface area contributed by atoms with E-state index < -0.39 is 97.5 Å². The molecular weight excluding hydrogens is 1080 g/mol. The number of hydrogen-bond acceptors (Lipinski definition) is 15. The third-order valence-corrected chi connectivity index (χ3v) is 16.0. The standard InChI is InChI=1S/C62H120O17P2/c1-8-9-10-26-36-43-59(64)72-49-57(78-61(66)45-38-31-24-18-12-15-21-28-34-41-54(4)5)51-76-80(68,69)74-47-56(63)48-75-81(70,71)77-52-58(79-62(67)46-39-32-25-19-13-16-22-29-35-42-55(6)7)50-73-60(65)44-37-30-23-17-11-14-20-27-33-40-53(2)3/h53-58,63H,8-52H2,1-7H3,(H,68,69)(H,70,71)/t56-,57+,58+/m0/s1. The lowest BCUT2D eigenvalue weighted by molar-refractivity contribution is -0.161. The lowest BCUT2D eigenvalue weighted by atomic mass is 10.0. The number of esters is 4. The predicted molar refractivity (Wildman–Crippen MR) is 321 cm³/mol. The highest BCUT2D eigenvalue weighted by atomic mass is 31.2. The van der Waals surface area contributed by atoms with Crippen molar-refractivity contribution in [3.05, 3.63) is 0 Å². The molecule has 5 atom stereocenters. The molecule has 0 aromatic carbocycles. The van der Waals surface area contributed by atoms with E-state index in [-0.39, 0.29) is 25.7 Å². The van der Waals surface area contributed by atoms with E-state index in [0.717, 1.165) is 114 Å². The smallest absolute Gasteiger partial charge is 0.462 e. The van der Waals surface area contributed by atoms with E-state index in [1.807, 2.05) is 0 Å². The average Bonchev–Trinajstić information content (AvgIpc) is 3.41. The molecule has 0 aromatic rings. The molecule has 0 spiro atoms. The summed E-state index contributed by atoms with van der Waals surface area (Å²) in [5.74, 6) is 0.0674. The molecule has 0 aliphatic heterocycles. The summed E-state index contributed by atoms with van der Waals surface area (Å²) in [5, 5.41) is 10.5. The van der Waals surface area contributed by atoms with Crippen LogP contribution in [0.15, 0.2) is 0 Å². The zero-order valence-electron chi connectivity index (χ0n) is 52.2. The monoisotopic (exact) mass is 1200 g/mol. The quantitative estimate of drug-likeness (QED) is 0.0222. The number of unbranched alkanes of at least 4 members (excludes halogenated alkanes) is 28. The van der Waals surface area contributed by atoms with Gasteiger partial charge in [0.1, 0.15) is 19.3 Å². The molecular formula is C62H120O17P2. The van der Waals surface area contributed by atoms with Crippen LogP contribution in [0.5, 0.6) is 0 Å². The molecule has 0 fully saturated rings. The second kappa shape index (κ2) is 53.5. The number of phosphoric ester groups is 2. The minimum absolute atomic E-state index is 0.104. The average molecular weight is 1200 g/mol. The van der Waals surface area contributed by atoms with E-state index in [1.54, 1.807) is 0 Å². The van der Waals surface area contributed by atoms with Crippen LogP contribution >= 0.6 is 15.6 Å². The Morgan fingerprint density at radius 3 is 0.840 bits per heavy atom. The molecule has 480 valence electrons. The predicted octanol–water partition coefficient (Wildman–Crippen LogP) is 16.7. The second-order valence-corrected chi connectivity index (χ2v) is 26.8. The van der Waals surface area contributed by atoms with Gasteiger partial charge in [-0.15, -0.1) is 0 Å². The number of hydrogen-bond donors (Lipinski definition) is 3. The first-order chi connectivity index (χ1) is 38.7. The lowest BCUT2D eigenvalue weighted by Crippen LogP contribution is -2.30. The summed E-state index contributed by atoms with van der Waals surface area (Å²) in [6.07, 6.45) is 33.8. The molecule has 81 heavy (non-hydrogen) atoms. The van der Waals surface area contributed by atoms with E-state index >= 15 is 0 Å². The summed E-state index contributed by atoms with van der Waals surface area (Å²) in [4.78, 5) is 71.9. The number of carbonyl (C=O) groups is 4. The maximum atomic E-state index is 12.9. The van der Waals surface area contributed by atoms with Crippen molar-refractivity contribution in [1.82, 2.24) is 0 Å². The van der Waals surface area contributed by atoms with Crippen LogP contribution in [0.25, 0.3) is 0 Å². The van der Waals surface area contributed by atoms with Gasteiger partial charge < -0.3 is 33.8 Å². The Morgan fingerprint density at radius 2 is 0.568 bits per heavy atom. The van der Waals surface area contributed by atoms with Gasteiger partial charge in [-0.1, -0.05) is 248 Å². The number of phosphoric acid groups is 2. The van der Waals surface area contributed by atoms with E-state index in [9.17, 15) is 43.2 Å². The van der Waals surface area contributed by atoms with Crippen molar-refractivity contribution in [3.8, 4) is 0 Å². The Balaban J connectivity index is 5.19. The zero-order chi connectivity index (χ0) is 60.3. The van der Waals surface area contributed by atoms with Crippen molar-refractivity contribution in [2.75, 3.05) is 39.6 Å². The fraction of sp³-hybridized carbons (Fsp3) is 0.935. The Hall–Kier alpha value is -1.94. The number of aliphatic hydroxyl groups is 1. The van der Waals surface area contributed by atoms with Crippen LogP contribution in [0.3, 0.4) is 0 Å². The van der Waals surface area contributed by atoms with E-state index in [0.29, 0.717) is 25.7 Å². The van der Waals surface area contributed by atoms with Crippen molar-refractivity contribution in [3.63, 3.8) is 0 Å². The molecule has 17 nitrogen and oxygen atoms in total. The van der Waals surface area contributed by atoms with Gasteiger partial charge in [0.25, 0.3) is 0 Å². The number of carbonyl (C=O) groups excluding carboxylic acids is 4. The summed E-state index contributed by atoms with van der Waals surface area (Å²) in [7, 11) is -9.88. The molecule has 2 unspecified atom stereocenters. The van der Waals surface area contributed by atoms with E-state index in [4.69, 9.17) is 37.0 Å². The fourth-order valence-corrected chi connectivity index (χ4v) is 10.7. The molecule has 0 radical (unpaired) electrons. The zero-order valence-corrected chi connectivity index (χ0v) is 54.0. The lowest BCUT2D eigenvalue weighted by Gasteiger charge is -2.21. The highest BCUT2D eigenvalue weighted by Gasteiger charge is 2.30. The van der Waals surface area contributed by atoms with E-state index in [1.165, 1.54) is 103 Å². The Kier molecular flexibility index (Phi) is 52.2. The topological polar surface area (TPSA) is 237 Å². The number of rotatable bonds is 60. The van der Waals surface area contributed by atoms with Gasteiger partial charge in [-0.05, 0) is 43.4 Å². The van der Waals surface area contributed by atoms with Crippen LogP contribution < -0.4 is 0 Å². The molecule has 0 aromatic heterocycles. The van der Waals surface area contributed by atoms with Crippen molar-refractivity contribution in [2.45, 2.75) is 317 Å². The molecule has 0 saturated heterocycles. The van der Waals surface area contributed by atoms with Crippen LogP contribution in [-0.2, 0) is 65.4 Å². The van der Waals surface area contributed by atoms with E-state index in [2.05, 4.69) is 48.5 Å². The maximum absolute atomic E-state index is 12.9. The highest BCUT2D eigenvalue weighted by Crippen LogP contribution is 2.45. The normalized spacial score (nSPS) is 14.4. The second-order valence-electron chi connectivity index (χ2n) is 23.9. The third kappa shape index (κ3) is 56.9. The molecule has 0 heterocycles. The van der Waals surface area contributed by atoms with Crippen LogP contribution in [-0.4, -0.2) is 96.7 Å². The minimum atomic E-state index is -4.94. The van der Waals surface area contributed by atoms with Crippen molar-refractivity contribution in [1.29, 1.82) is 0 Å². The summed E-state index contributed by atoms with van der Waals surface area (Å²) in [6.45, 7) is 11.6. The highest BCUT2D eigenvalue weighted by molar-refractivity contribution is 7.47. The first-order valence-corrected chi connectivity index (χ1v) is 35.3. The van der Waals surface area contributed by atoms with Crippen LogP contribution in [0.2, 0.25) is 0 Å². The molecule has 0 aliphatic rings. The number of aliphatic hydroxyl groups excluding tert-OH is 1. The summed E-state index contributed by atoms with van der Waals surface area (Å²) in [5.41, 5.74) is 0. The van der Waals surface area contributed by atoms with Crippen LogP contribution in [0.1, 0.15) is 299 Å². The van der Waals surface area contributed by atoms with Crippen LogP contribution in [0, 0.1) is 17.8 Å². The molecule has 0 saturated carbocycles. The molecule has 0 bridgehead atoms. The van der Waals surface area contributed by atoms with Gasteiger partial charge in [0.15, 0.2) is 12.2 Å². The maximum Gasteiger partial charge on any atom is 0.472 e. The Bertz CT molecular complexity index is 1610. The molecule has 0 aliphatic carbocycles. The fourth-order valence-electron chi connectivity index (χ4n) is 9.13. The van der Waals surface area contributed by atoms with Crippen molar-refractivity contribution < 1.29 is 80.2 Å². The Morgan fingerprint density at radius 1 is 0.333 bits per heavy atom. The largest absolute Gasteiger partial charge is 0.472 e. The van der Waals surface area contributed by atoms with Crippen molar-refractivity contribution >= 4 is 39.5 Å². The number of ether oxygens (including phenoxy) is 4. The first-order valence-electron chi connectivity index (χ1n) is 32.3. The molecule has 0 rings (SSSR count). The first kappa shape index (κ1) is 79.1. The molecule has 0 amide bonds. The molecule has 19 heteroatoms. The van der Waals surface area contributed by atoms with Gasteiger partial charge in [0.05, 0.1) is 26.4 Å². The van der Waals surface area contributed by atoms with Crippen molar-refractivity contribution in [2.24, 2.45) is 17.8 Å². The molecule has 3 N–H and O–H groups in total. The van der Waals surface area contributed by atoms with Gasteiger partial charge in [0, 0.05) is 25.7 Å². The van der Waals surface area contributed by atoms with Gasteiger partial charge in [-0.2, -0.15) is 0 Å². The van der Waals surface area contributed by atoms with Crippen LogP contribution in [0.4, 0.5) is 0 Å². The van der Waals surface area contributed by atoms with Gasteiger partial charge in [-0.25, -0.2) is 9.13 Å². The van der Waals surface area contributed by atoms with Gasteiger partial charge in [0.2, 0.25) is 0 Å². The van der Waals surface area contributed by atoms with Gasteiger partial charge in [-0.3, -0.25) is 37.3 Å². The minimum Gasteiger partial charge on any atom is -0.462 e. The SMILES string of the molecule is CCCCCCCC(=O)OC[C@H](COP(=O)(O)OC[C@H](O)COP(=O)(O)OC[C@@H](COC(=O)CCCCCCCCCCCC(C)C)OC(=O)CCCCCCCCCCCC(C)C)OC(=O)CCCCCCCCCCCC(C)C. The summed E-state index contributed by atoms with van der Waals surface area (Å²) < 4.78 is 67.7. The third-order valence-electron chi connectivity index (χ3n) is 14.1.